The normalized spacial score (nSPS) is 16.3. The van der Waals surface area contributed by atoms with Crippen LogP contribution in [0.3, 0.4) is 0 Å². The van der Waals surface area contributed by atoms with Gasteiger partial charge in [-0.25, -0.2) is 0 Å². The molecule has 0 aliphatic carbocycles. The fourth-order valence-electron chi connectivity index (χ4n) is 3.54. The summed E-state index contributed by atoms with van der Waals surface area (Å²) in [6.07, 6.45) is 1.57. The third-order valence-corrected chi connectivity index (χ3v) is 5.48. The van der Waals surface area contributed by atoms with E-state index in [1.807, 2.05) is 36.2 Å². The van der Waals surface area contributed by atoms with Crippen molar-refractivity contribution in [2.24, 2.45) is 0 Å². The van der Waals surface area contributed by atoms with Crippen molar-refractivity contribution in [3.05, 3.63) is 58.1 Å². The molecule has 1 aliphatic heterocycles. The van der Waals surface area contributed by atoms with Gasteiger partial charge >= 0.3 is 0 Å². The zero-order valence-electron chi connectivity index (χ0n) is 16.9. The van der Waals surface area contributed by atoms with Gasteiger partial charge in [-0.2, -0.15) is 0 Å². The number of nitrogens with zero attached hydrogens (tertiary/aromatic N) is 1. The Balaban J connectivity index is 1.77. The first-order valence-corrected chi connectivity index (χ1v) is 9.98. The standard InChI is InChI=1S/C22H24ClN3O4/c1-26(19-7-9-21(28)25-22(19)29)12-16-15(13-27)4-3-5-18(16)24-11-14-6-8-20(30-2)17(23)10-14/h3-6,8,10,13,19,24H,7,9,11-12H2,1-2H3,(H,25,28,29). The zero-order valence-corrected chi connectivity index (χ0v) is 17.7. The molecular weight excluding hydrogens is 406 g/mol. The summed E-state index contributed by atoms with van der Waals surface area (Å²) >= 11 is 6.20. The molecule has 8 heteroatoms. The minimum Gasteiger partial charge on any atom is -0.495 e. The highest BCUT2D eigenvalue weighted by molar-refractivity contribution is 6.32. The van der Waals surface area contributed by atoms with Crippen LogP contribution in [0, 0.1) is 0 Å². The van der Waals surface area contributed by atoms with E-state index in [-0.39, 0.29) is 11.8 Å². The molecule has 2 N–H and O–H groups in total. The van der Waals surface area contributed by atoms with Crippen LogP contribution < -0.4 is 15.4 Å². The molecule has 30 heavy (non-hydrogen) atoms. The molecule has 1 fully saturated rings. The van der Waals surface area contributed by atoms with Crippen LogP contribution in [0.15, 0.2) is 36.4 Å². The summed E-state index contributed by atoms with van der Waals surface area (Å²) in [6, 6.07) is 10.6. The first kappa shape index (κ1) is 21.8. The monoisotopic (exact) mass is 429 g/mol. The van der Waals surface area contributed by atoms with Gasteiger partial charge in [0.2, 0.25) is 11.8 Å². The van der Waals surface area contributed by atoms with Gasteiger partial charge in [-0.3, -0.25) is 24.6 Å². The highest BCUT2D eigenvalue weighted by Gasteiger charge is 2.30. The lowest BCUT2D eigenvalue weighted by Crippen LogP contribution is -2.51. The predicted octanol–water partition coefficient (Wildman–Crippen LogP) is 3.01. The molecule has 1 aliphatic rings. The van der Waals surface area contributed by atoms with Gasteiger partial charge in [0.1, 0.15) is 12.0 Å². The van der Waals surface area contributed by atoms with Crippen LogP contribution in [-0.4, -0.2) is 43.2 Å². The van der Waals surface area contributed by atoms with Crippen LogP contribution in [0.1, 0.15) is 34.3 Å². The molecule has 3 rings (SSSR count). The van der Waals surface area contributed by atoms with Crippen molar-refractivity contribution < 1.29 is 19.1 Å². The van der Waals surface area contributed by atoms with Gasteiger partial charge < -0.3 is 10.1 Å². The number of anilines is 1. The number of imide groups is 1. The molecule has 1 saturated heterocycles. The molecule has 2 aromatic rings. The molecule has 0 saturated carbocycles. The molecular formula is C22H24ClN3O4. The highest BCUT2D eigenvalue weighted by atomic mass is 35.5. The zero-order chi connectivity index (χ0) is 21.7. The fraction of sp³-hybridized carbons (Fsp3) is 0.318. The maximum atomic E-state index is 12.2. The molecule has 0 aromatic heterocycles. The molecule has 1 heterocycles. The Morgan fingerprint density at radius 3 is 2.77 bits per heavy atom. The summed E-state index contributed by atoms with van der Waals surface area (Å²) in [5.41, 5.74) is 3.10. The van der Waals surface area contributed by atoms with E-state index < -0.39 is 6.04 Å². The number of rotatable bonds is 8. The van der Waals surface area contributed by atoms with Crippen LogP contribution in [0.4, 0.5) is 5.69 Å². The molecule has 0 bridgehead atoms. The molecule has 2 amide bonds. The summed E-state index contributed by atoms with van der Waals surface area (Å²) in [7, 11) is 3.38. The Kier molecular flexibility index (Phi) is 7.07. The van der Waals surface area contributed by atoms with E-state index in [1.54, 1.807) is 19.2 Å². The van der Waals surface area contributed by atoms with Gasteiger partial charge in [0, 0.05) is 30.8 Å². The molecule has 0 spiro atoms. The molecule has 7 nitrogen and oxygen atoms in total. The van der Waals surface area contributed by atoms with Crippen LogP contribution >= 0.6 is 11.6 Å². The van der Waals surface area contributed by atoms with Gasteiger partial charge in [0.15, 0.2) is 0 Å². The van der Waals surface area contributed by atoms with Gasteiger partial charge in [-0.15, -0.1) is 0 Å². The third-order valence-electron chi connectivity index (χ3n) is 5.19. The lowest BCUT2D eigenvalue weighted by molar-refractivity contribution is -0.137. The van der Waals surface area contributed by atoms with Gasteiger partial charge in [0.05, 0.1) is 18.2 Å². The third kappa shape index (κ3) is 4.98. The second-order valence-corrected chi connectivity index (χ2v) is 7.60. The van der Waals surface area contributed by atoms with Crippen molar-refractivity contribution in [2.75, 3.05) is 19.5 Å². The molecule has 2 aromatic carbocycles. The van der Waals surface area contributed by atoms with E-state index in [1.165, 1.54) is 0 Å². The summed E-state index contributed by atoms with van der Waals surface area (Å²) in [5, 5.41) is 6.25. The second kappa shape index (κ2) is 9.73. The maximum absolute atomic E-state index is 12.2. The van der Waals surface area contributed by atoms with Crippen molar-refractivity contribution in [3.8, 4) is 5.75 Å². The number of ether oxygens (including phenoxy) is 1. The van der Waals surface area contributed by atoms with E-state index in [4.69, 9.17) is 16.3 Å². The van der Waals surface area contributed by atoms with E-state index in [2.05, 4.69) is 10.6 Å². The second-order valence-electron chi connectivity index (χ2n) is 7.20. The SMILES string of the molecule is COc1ccc(CNc2cccc(C=O)c2CN(C)C2CCC(=O)NC2=O)cc1Cl. The lowest BCUT2D eigenvalue weighted by Gasteiger charge is -2.30. The largest absolute Gasteiger partial charge is 0.495 e. The Morgan fingerprint density at radius 2 is 2.10 bits per heavy atom. The van der Waals surface area contributed by atoms with Crippen LogP contribution in [0.2, 0.25) is 5.02 Å². The fourth-order valence-corrected chi connectivity index (χ4v) is 3.82. The number of carbonyl (C=O) groups excluding carboxylic acids is 3. The van der Waals surface area contributed by atoms with E-state index in [9.17, 15) is 14.4 Å². The summed E-state index contributed by atoms with van der Waals surface area (Å²) in [5.74, 6) is 0.0492. The van der Waals surface area contributed by atoms with Gasteiger partial charge in [0.25, 0.3) is 0 Å². The minimum absolute atomic E-state index is 0.251. The number of benzene rings is 2. The van der Waals surface area contributed by atoms with E-state index >= 15 is 0 Å². The Labute approximate surface area is 180 Å². The predicted molar refractivity (Wildman–Crippen MR) is 115 cm³/mol. The first-order chi connectivity index (χ1) is 14.4. The number of halogens is 1. The summed E-state index contributed by atoms with van der Waals surface area (Å²) < 4.78 is 5.18. The Hall–Kier alpha value is -2.90. The van der Waals surface area contributed by atoms with Crippen LogP contribution in [0.25, 0.3) is 0 Å². The first-order valence-electron chi connectivity index (χ1n) is 9.60. The van der Waals surface area contributed by atoms with Crippen molar-refractivity contribution in [2.45, 2.75) is 32.0 Å². The average Bonchev–Trinajstić information content (AvgIpc) is 2.72. The van der Waals surface area contributed by atoms with Crippen molar-refractivity contribution in [3.63, 3.8) is 0 Å². The Bertz CT molecular complexity index is 963. The smallest absolute Gasteiger partial charge is 0.243 e. The number of nitrogens with one attached hydrogen (secondary N) is 2. The number of methoxy groups -OCH3 is 1. The van der Waals surface area contributed by atoms with Crippen molar-refractivity contribution >= 4 is 35.4 Å². The van der Waals surface area contributed by atoms with E-state index in [0.717, 1.165) is 23.1 Å². The molecule has 1 atom stereocenters. The van der Waals surface area contributed by atoms with Gasteiger partial charge in [-0.05, 0) is 42.8 Å². The van der Waals surface area contributed by atoms with E-state index in [0.29, 0.717) is 42.3 Å². The lowest BCUT2D eigenvalue weighted by atomic mass is 10.0. The number of amides is 2. The molecule has 0 radical (unpaired) electrons. The van der Waals surface area contributed by atoms with Crippen LogP contribution in [0.5, 0.6) is 5.75 Å². The average molecular weight is 430 g/mol. The number of hydrogen-bond acceptors (Lipinski definition) is 6. The number of carbonyl (C=O) groups is 3. The van der Waals surface area contributed by atoms with Crippen molar-refractivity contribution in [1.82, 2.24) is 10.2 Å². The van der Waals surface area contributed by atoms with Crippen molar-refractivity contribution in [1.29, 1.82) is 0 Å². The summed E-state index contributed by atoms with van der Waals surface area (Å²) in [6.45, 7) is 0.883. The molecule has 158 valence electrons. The quantitative estimate of drug-likeness (QED) is 0.495. The summed E-state index contributed by atoms with van der Waals surface area (Å²) in [4.78, 5) is 37.1. The minimum atomic E-state index is -0.421. The topological polar surface area (TPSA) is 87.7 Å². The number of aldehydes is 1. The number of piperidine rings is 1. The van der Waals surface area contributed by atoms with Gasteiger partial charge in [-0.1, -0.05) is 29.8 Å². The maximum Gasteiger partial charge on any atom is 0.243 e. The highest BCUT2D eigenvalue weighted by Crippen LogP contribution is 2.27. The Morgan fingerprint density at radius 1 is 1.30 bits per heavy atom. The number of hydrogen-bond donors (Lipinski definition) is 2. The number of likely N-dealkylation sites (N-methyl/N-ethyl adjacent to an activating group) is 1. The van der Waals surface area contributed by atoms with Crippen LogP contribution in [-0.2, 0) is 22.7 Å². The molecule has 1 unspecified atom stereocenters.